The molecule has 0 spiro atoms. The van der Waals surface area contributed by atoms with Crippen molar-refractivity contribution in [2.75, 3.05) is 6.54 Å². The predicted molar refractivity (Wildman–Crippen MR) is 121 cm³/mol. The zero-order valence-corrected chi connectivity index (χ0v) is 19.6. The summed E-state index contributed by atoms with van der Waals surface area (Å²) in [7, 11) is 0. The van der Waals surface area contributed by atoms with Crippen LogP contribution in [0.25, 0.3) is 0 Å². The molecule has 1 amide bonds. The Kier molecular flexibility index (Phi) is 8.80. The highest BCUT2D eigenvalue weighted by Crippen LogP contribution is 2.33. The highest BCUT2D eigenvalue weighted by Gasteiger charge is 2.42. The van der Waals surface area contributed by atoms with Gasteiger partial charge in [0.05, 0.1) is 17.8 Å². The second kappa shape index (κ2) is 11.6. The molecule has 0 aliphatic carbocycles. The molecule has 1 heterocycles. The van der Waals surface area contributed by atoms with Crippen molar-refractivity contribution in [1.82, 2.24) is 15.8 Å². The first kappa shape index (κ1) is 27.3. The number of carbonyl (C=O) groups is 1. The number of amides is 1. The average Bonchev–Trinajstić information content (AvgIpc) is 3.20. The fourth-order valence-electron chi connectivity index (χ4n) is 3.80. The van der Waals surface area contributed by atoms with E-state index in [4.69, 9.17) is 0 Å². The number of aliphatic hydroxyl groups is 1. The maximum absolute atomic E-state index is 13.7. The number of hydrogen-bond donors (Lipinski definition) is 3. The topological polar surface area (TPSA) is 87.4 Å². The molecule has 2 atom stereocenters. The Balaban J connectivity index is 1.78. The van der Waals surface area contributed by atoms with Gasteiger partial charge >= 0.3 is 6.18 Å². The van der Waals surface area contributed by atoms with Crippen molar-refractivity contribution in [2.24, 2.45) is 0 Å². The molecule has 0 saturated carbocycles. The largest absolute Gasteiger partial charge is 0.453 e. The molecule has 0 bridgehead atoms. The third-order valence-corrected chi connectivity index (χ3v) is 5.59. The van der Waals surface area contributed by atoms with E-state index in [-0.39, 0.29) is 24.2 Å². The summed E-state index contributed by atoms with van der Waals surface area (Å²) in [6.45, 7) is 3.50. The predicted octanol–water partition coefficient (Wildman–Crippen LogP) is 4.33. The van der Waals surface area contributed by atoms with Crippen molar-refractivity contribution in [3.8, 4) is 0 Å². The van der Waals surface area contributed by atoms with E-state index in [2.05, 4.69) is 20.3 Å². The molecule has 6 nitrogen and oxygen atoms in total. The van der Waals surface area contributed by atoms with Gasteiger partial charge in [0.25, 0.3) is 11.7 Å². The smallest absolute Gasteiger partial charge is 0.390 e. The van der Waals surface area contributed by atoms with Crippen molar-refractivity contribution in [2.45, 2.75) is 51.6 Å². The Morgan fingerprint density at radius 2 is 1.75 bits per heavy atom. The molecule has 194 valence electrons. The van der Waals surface area contributed by atoms with Gasteiger partial charge in [0.15, 0.2) is 0 Å². The van der Waals surface area contributed by atoms with Crippen molar-refractivity contribution in [3.63, 3.8) is 0 Å². The first-order valence-electron chi connectivity index (χ1n) is 11.2. The Morgan fingerprint density at radius 1 is 1.08 bits per heavy atom. The molecular weight excluding hydrogens is 485 g/mol. The molecule has 3 N–H and O–H groups in total. The normalized spacial score (nSPS) is 13.4. The molecule has 11 heteroatoms. The van der Waals surface area contributed by atoms with Crippen LogP contribution in [0.15, 0.2) is 47.0 Å². The summed E-state index contributed by atoms with van der Waals surface area (Å²) in [6, 6.07) is 9.26. The van der Waals surface area contributed by atoms with Gasteiger partial charge in [0.2, 0.25) is 0 Å². The number of rotatable bonds is 10. The fraction of sp³-hybridized carbons (Fsp3) is 0.360. The van der Waals surface area contributed by atoms with Crippen LogP contribution in [0.5, 0.6) is 0 Å². The molecule has 0 aliphatic rings. The Bertz CT molecular complexity index is 1180. The van der Waals surface area contributed by atoms with Crippen molar-refractivity contribution < 1.29 is 36.4 Å². The number of aryl methyl sites for hydroxylation is 2. The lowest BCUT2D eigenvalue weighted by Crippen LogP contribution is -2.49. The summed E-state index contributed by atoms with van der Waals surface area (Å²) in [4.78, 5) is 12.8. The SMILES string of the molecule is CCc1cccc(CNC[C@H](O)[C@H](Cc2cc(F)cc(F)c2)NC(=O)c2c(C)noc2C(F)(F)F)c1. The van der Waals surface area contributed by atoms with Crippen molar-refractivity contribution in [1.29, 1.82) is 0 Å². The lowest BCUT2D eigenvalue weighted by Gasteiger charge is -2.25. The van der Waals surface area contributed by atoms with Gasteiger partial charge in [-0.3, -0.25) is 4.79 Å². The van der Waals surface area contributed by atoms with Gasteiger partial charge in [0, 0.05) is 19.2 Å². The lowest BCUT2D eigenvalue weighted by atomic mass is 9.99. The summed E-state index contributed by atoms with van der Waals surface area (Å²) in [5, 5.41) is 19.4. The molecular formula is C25H26F5N3O3. The minimum atomic E-state index is -4.97. The Labute approximate surface area is 204 Å². The second-order valence-corrected chi connectivity index (χ2v) is 8.40. The Morgan fingerprint density at radius 3 is 2.39 bits per heavy atom. The van der Waals surface area contributed by atoms with E-state index in [0.29, 0.717) is 12.6 Å². The van der Waals surface area contributed by atoms with Crippen LogP contribution in [0, 0.1) is 18.6 Å². The third kappa shape index (κ3) is 7.11. The van der Waals surface area contributed by atoms with E-state index < -0.39 is 47.2 Å². The van der Waals surface area contributed by atoms with Crippen LogP contribution in [0.4, 0.5) is 22.0 Å². The van der Waals surface area contributed by atoms with E-state index in [1.54, 1.807) is 0 Å². The highest BCUT2D eigenvalue weighted by molar-refractivity contribution is 5.96. The van der Waals surface area contributed by atoms with Gasteiger partial charge in [-0.2, -0.15) is 13.2 Å². The van der Waals surface area contributed by atoms with Crippen LogP contribution in [-0.4, -0.2) is 34.9 Å². The van der Waals surface area contributed by atoms with Crippen LogP contribution in [-0.2, 0) is 25.6 Å². The standard InChI is InChI=1S/C25H26F5N3O3/c1-3-15-5-4-6-16(7-15)12-31-13-21(34)20(10-17-8-18(26)11-19(27)9-17)32-24(35)22-14(2)33-36-23(22)25(28,29)30/h4-9,11,20-21,31,34H,3,10,12-13H2,1-2H3,(H,32,35)/t20-,21-/m0/s1. The summed E-state index contributed by atoms with van der Waals surface area (Å²) in [5.74, 6) is -4.49. The van der Waals surface area contributed by atoms with Gasteiger partial charge in [-0.1, -0.05) is 36.3 Å². The quantitative estimate of drug-likeness (QED) is 0.353. The van der Waals surface area contributed by atoms with E-state index in [1.807, 2.05) is 31.2 Å². The van der Waals surface area contributed by atoms with Crippen molar-refractivity contribution >= 4 is 5.91 Å². The molecule has 0 saturated heterocycles. The van der Waals surface area contributed by atoms with E-state index in [0.717, 1.165) is 29.7 Å². The Hall–Kier alpha value is -3.31. The summed E-state index contributed by atoms with van der Waals surface area (Å²) >= 11 is 0. The number of aliphatic hydroxyl groups excluding tert-OH is 1. The molecule has 0 fully saturated rings. The number of halogens is 5. The minimum Gasteiger partial charge on any atom is -0.390 e. The molecule has 0 unspecified atom stereocenters. The number of hydrogen-bond acceptors (Lipinski definition) is 5. The maximum atomic E-state index is 13.7. The van der Waals surface area contributed by atoms with Gasteiger partial charge in [-0.25, -0.2) is 8.78 Å². The minimum absolute atomic E-state index is 0.0617. The lowest BCUT2D eigenvalue weighted by molar-refractivity contribution is -0.155. The number of nitrogens with zero attached hydrogens (tertiary/aromatic N) is 1. The number of alkyl halides is 3. The summed E-state index contributed by atoms with van der Waals surface area (Å²) in [6.07, 6.45) is -5.69. The van der Waals surface area contributed by atoms with Crippen LogP contribution < -0.4 is 10.6 Å². The number of carbonyl (C=O) groups excluding carboxylic acids is 1. The molecule has 3 rings (SSSR count). The van der Waals surface area contributed by atoms with Gasteiger partial charge in [-0.15, -0.1) is 0 Å². The first-order chi connectivity index (χ1) is 17.0. The third-order valence-electron chi connectivity index (χ3n) is 5.59. The van der Waals surface area contributed by atoms with E-state index in [9.17, 15) is 31.9 Å². The second-order valence-electron chi connectivity index (χ2n) is 8.40. The van der Waals surface area contributed by atoms with Crippen molar-refractivity contribution in [3.05, 3.63) is 87.8 Å². The van der Waals surface area contributed by atoms with E-state index in [1.165, 1.54) is 6.92 Å². The van der Waals surface area contributed by atoms with Crippen LogP contribution >= 0.6 is 0 Å². The molecule has 0 aliphatic heterocycles. The van der Waals surface area contributed by atoms with Crippen LogP contribution in [0.1, 0.15) is 45.4 Å². The number of nitrogens with one attached hydrogen (secondary N) is 2. The van der Waals surface area contributed by atoms with Gasteiger partial charge in [0.1, 0.15) is 17.2 Å². The highest BCUT2D eigenvalue weighted by atomic mass is 19.4. The molecule has 1 aromatic heterocycles. The average molecular weight is 511 g/mol. The van der Waals surface area contributed by atoms with Gasteiger partial charge in [-0.05, 0) is 48.6 Å². The zero-order chi connectivity index (χ0) is 26.5. The summed E-state index contributed by atoms with van der Waals surface area (Å²) in [5.41, 5.74) is 1.06. The van der Waals surface area contributed by atoms with Crippen LogP contribution in [0.3, 0.4) is 0 Å². The first-order valence-corrected chi connectivity index (χ1v) is 11.2. The van der Waals surface area contributed by atoms with Crippen LogP contribution in [0.2, 0.25) is 0 Å². The van der Waals surface area contributed by atoms with E-state index >= 15 is 0 Å². The number of aromatic nitrogens is 1. The molecule has 36 heavy (non-hydrogen) atoms. The van der Waals surface area contributed by atoms with Gasteiger partial charge < -0.3 is 20.3 Å². The summed E-state index contributed by atoms with van der Waals surface area (Å²) < 4.78 is 71.5. The fourth-order valence-corrected chi connectivity index (χ4v) is 3.80. The zero-order valence-electron chi connectivity index (χ0n) is 19.6. The molecule has 0 radical (unpaired) electrons. The number of benzene rings is 2. The maximum Gasteiger partial charge on any atom is 0.453 e. The monoisotopic (exact) mass is 511 g/mol. The molecule has 2 aromatic carbocycles. The molecule has 3 aromatic rings.